The molecule has 19 heavy (non-hydrogen) atoms. The molecule has 1 aliphatic rings. The number of piperidine rings is 1. The maximum absolute atomic E-state index is 12.7. The SMILES string of the molecule is Cc1cc(S(=O)(=O)N2CCC[C@H](C)C2)c(Br)cc1Br. The van der Waals surface area contributed by atoms with Gasteiger partial charge in [-0.3, -0.25) is 0 Å². The van der Waals surface area contributed by atoms with Crippen LogP contribution >= 0.6 is 31.9 Å². The molecule has 1 fully saturated rings. The zero-order valence-electron chi connectivity index (χ0n) is 11.0. The van der Waals surface area contributed by atoms with Crippen LogP contribution in [0.4, 0.5) is 0 Å². The fourth-order valence-corrected chi connectivity index (χ4v) is 5.67. The van der Waals surface area contributed by atoms with Crippen molar-refractivity contribution in [3.05, 3.63) is 26.6 Å². The Morgan fingerprint density at radius 3 is 2.58 bits per heavy atom. The van der Waals surface area contributed by atoms with Gasteiger partial charge in [0.2, 0.25) is 10.0 Å². The van der Waals surface area contributed by atoms with E-state index < -0.39 is 10.0 Å². The maximum atomic E-state index is 12.7. The van der Waals surface area contributed by atoms with Gasteiger partial charge in [0, 0.05) is 22.0 Å². The van der Waals surface area contributed by atoms with E-state index in [2.05, 4.69) is 38.8 Å². The summed E-state index contributed by atoms with van der Waals surface area (Å²) in [5.74, 6) is 0.429. The average molecular weight is 411 g/mol. The van der Waals surface area contributed by atoms with Gasteiger partial charge in [0.25, 0.3) is 0 Å². The first-order valence-corrected chi connectivity index (χ1v) is 9.31. The lowest BCUT2D eigenvalue weighted by molar-refractivity contribution is 0.281. The Labute approximate surface area is 131 Å². The lowest BCUT2D eigenvalue weighted by Crippen LogP contribution is -2.39. The molecule has 6 heteroatoms. The molecular weight excluding hydrogens is 394 g/mol. The van der Waals surface area contributed by atoms with Crippen molar-refractivity contribution in [2.75, 3.05) is 13.1 Å². The second-order valence-corrected chi connectivity index (χ2v) is 8.76. The summed E-state index contributed by atoms with van der Waals surface area (Å²) in [4.78, 5) is 0.363. The molecule has 1 aromatic rings. The fourth-order valence-electron chi connectivity index (χ4n) is 2.33. The number of aryl methyl sites for hydroxylation is 1. The van der Waals surface area contributed by atoms with E-state index in [1.54, 1.807) is 16.4 Å². The minimum atomic E-state index is -3.40. The number of nitrogens with zero attached hydrogens (tertiary/aromatic N) is 1. The minimum absolute atomic E-state index is 0.363. The molecule has 2 rings (SSSR count). The monoisotopic (exact) mass is 409 g/mol. The predicted octanol–water partition coefficient (Wildman–Crippen LogP) is 3.94. The first-order valence-electron chi connectivity index (χ1n) is 6.28. The Hall–Kier alpha value is 0.0900. The highest BCUT2D eigenvalue weighted by Gasteiger charge is 2.30. The van der Waals surface area contributed by atoms with Gasteiger partial charge >= 0.3 is 0 Å². The predicted molar refractivity (Wildman–Crippen MR) is 83.7 cm³/mol. The molecule has 1 aromatic carbocycles. The van der Waals surface area contributed by atoms with E-state index in [-0.39, 0.29) is 0 Å². The Morgan fingerprint density at radius 2 is 1.95 bits per heavy atom. The molecule has 0 aromatic heterocycles. The summed E-state index contributed by atoms with van der Waals surface area (Å²) < 4.78 is 28.5. The zero-order valence-corrected chi connectivity index (χ0v) is 15.0. The zero-order chi connectivity index (χ0) is 14.2. The van der Waals surface area contributed by atoms with E-state index in [9.17, 15) is 8.42 Å². The van der Waals surface area contributed by atoms with Gasteiger partial charge in [-0.05, 0) is 59.3 Å². The van der Waals surface area contributed by atoms with Gasteiger partial charge in [0.1, 0.15) is 0 Å². The smallest absolute Gasteiger partial charge is 0.207 e. The molecule has 1 heterocycles. The molecule has 0 saturated carbocycles. The third kappa shape index (κ3) is 3.23. The molecule has 1 saturated heterocycles. The van der Waals surface area contributed by atoms with E-state index in [0.717, 1.165) is 22.9 Å². The minimum Gasteiger partial charge on any atom is -0.207 e. The molecule has 0 bridgehead atoms. The van der Waals surface area contributed by atoms with E-state index in [1.807, 2.05) is 6.92 Å². The van der Waals surface area contributed by atoms with E-state index in [4.69, 9.17) is 0 Å². The van der Waals surface area contributed by atoms with Crippen molar-refractivity contribution in [2.24, 2.45) is 5.92 Å². The Kier molecular flexibility index (Phi) is 4.75. The molecule has 3 nitrogen and oxygen atoms in total. The number of hydrogen-bond donors (Lipinski definition) is 0. The third-order valence-corrected chi connectivity index (χ3v) is 7.13. The molecule has 0 aliphatic carbocycles. The van der Waals surface area contributed by atoms with Gasteiger partial charge in [-0.25, -0.2) is 8.42 Å². The standard InChI is InChI=1S/C13H17Br2NO2S/c1-9-4-3-5-16(8-9)19(17,18)13-6-10(2)11(14)7-12(13)15/h6-7,9H,3-5,8H2,1-2H3/t9-/m0/s1. The molecule has 0 unspecified atom stereocenters. The molecule has 0 spiro atoms. The molecule has 0 N–H and O–H groups in total. The molecule has 0 amide bonds. The fraction of sp³-hybridized carbons (Fsp3) is 0.538. The summed E-state index contributed by atoms with van der Waals surface area (Å²) in [6.07, 6.45) is 2.04. The highest BCUT2D eigenvalue weighted by Crippen LogP contribution is 2.32. The van der Waals surface area contributed by atoms with Crippen LogP contribution in [0.15, 0.2) is 26.0 Å². The van der Waals surface area contributed by atoms with Crippen molar-refractivity contribution in [2.45, 2.75) is 31.6 Å². The van der Waals surface area contributed by atoms with Gasteiger partial charge in [-0.1, -0.05) is 22.9 Å². The second kappa shape index (κ2) is 5.84. The van der Waals surface area contributed by atoms with Gasteiger partial charge in [0.05, 0.1) is 4.90 Å². The molecular formula is C13H17Br2NO2S. The number of hydrogen-bond acceptors (Lipinski definition) is 2. The molecule has 0 radical (unpaired) electrons. The van der Waals surface area contributed by atoms with Gasteiger partial charge in [-0.2, -0.15) is 4.31 Å². The van der Waals surface area contributed by atoms with Crippen LogP contribution in [0.25, 0.3) is 0 Å². The summed E-state index contributed by atoms with van der Waals surface area (Å²) in [6, 6.07) is 3.53. The lowest BCUT2D eigenvalue weighted by atomic mass is 10.0. The van der Waals surface area contributed by atoms with Crippen LogP contribution in [0, 0.1) is 12.8 Å². The second-order valence-electron chi connectivity index (χ2n) is 5.14. The van der Waals surface area contributed by atoms with Crippen LogP contribution in [-0.4, -0.2) is 25.8 Å². The van der Waals surface area contributed by atoms with Crippen LogP contribution in [0.5, 0.6) is 0 Å². The number of halogens is 2. The summed E-state index contributed by atoms with van der Waals surface area (Å²) in [7, 11) is -3.40. The lowest BCUT2D eigenvalue weighted by Gasteiger charge is -2.30. The Bertz CT molecular complexity index is 587. The Balaban J connectivity index is 2.42. The van der Waals surface area contributed by atoms with E-state index >= 15 is 0 Å². The topological polar surface area (TPSA) is 37.4 Å². The summed E-state index contributed by atoms with van der Waals surface area (Å²) in [5.41, 5.74) is 0.923. The average Bonchev–Trinajstić information content (AvgIpc) is 2.33. The van der Waals surface area contributed by atoms with Crippen LogP contribution < -0.4 is 0 Å². The van der Waals surface area contributed by atoms with Crippen molar-refractivity contribution in [1.82, 2.24) is 4.31 Å². The third-order valence-electron chi connectivity index (χ3n) is 3.45. The van der Waals surface area contributed by atoms with Gasteiger partial charge in [-0.15, -0.1) is 0 Å². The summed E-state index contributed by atoms with van der Waals surface area (Å²) in [6.45, 7) is 5.23. The highest BCUT2D eigenvalue weighted by atomic mass is 79.9. The van der Waals surface area contributed by atoms with Crippen molar-refractivity contribution in [1.29, 1.82) is 0 Å². The largest absolute Gasteiger partial charge is 0.244 e. The quantitative estimate of drug-likeness (QED) is 0.740. The van der Waals surface area contributed by atoms with E-state index in [0.29, 0.717) is 28.4 Å². The molecule has 1 aliphatic heterocycles. The van der Waals surface area contributed by atoms with Gasteiger partial charge < -0.3 is 0 Å². The van der Waals surface area contributed by atoms with Crippen LogP contribution in [-0.2, 0) is 10.0 Å². The number of rotatable bonds is 2. The number of sulfonamides is 1. The van der Waals surface area contributed by atoms with E-state index in [1.165, 1.54) is 0 Å². The van der Waals surface area contributed by atoms with Crippen LogP contribution in [0.2, 0.25) is 0 Å². The maximum Gasteiger partial charge on any atom is 0.244 e. The van der Waals surface area contributed by atoms with Gasteiger partial charge in [0.15, 0.2) is 0 Å². The summed E-state index contributed by atoms with van der Waals surface area (Å²) in [5, 5.41) is 0. The van der Waals surface area contributed by atoms with Crippen LogP contribution in [0.3, 0.4) is 0 Å². The van der Waals surface area contributed by atoms with Crippen molar-refractivity contribution >= 4 is 41.9 Å². The normalized spacial score (nSPS) is 21.6. The number of benzene rings is 1. The van der Waals surface area contributed by atoms with Crippen molar-refractivity contribution in [3.8, 4) is 0 Å². The van der Waals surface area contributed by atoms with Crippen molar-refractivity contribution < 1.29 is 8.42 Å². The first kappa shape index (κ1) is 15.5. The Morgan fingerprint density at radius 1 is 1.26 bits per heavy atom. The van der Waals surface area contributed by atoms with Crippen molar-refractivity contribution in [3.63, 3.8) is 0 Å². The summed E-state index contributed by atoms with van der Waals surface area (Å²) >= 11 is 6.78. The highest BCUT2D eigenvalue weighted by molar-refractivity contribution is 9.11. The molecule has 106 valence electrons. The van der Waals surface area contributed by atoms with Crippen LogP contribution in [0.1, 0.15) is 25.3 Å². The first-order chi connectivity index (χ1) is 8.82. The molecule has 1 atom stereocenters.